The van der Waals surface area contributed by atoms with E-state index in [1.54, 1.807) is 6.07 Å². The molecule has 5 nitrogen and oxygen atoms in total. The van der Waals surface area contributed by atoms with Gasteiger partial charge in [-0.2, -0.15) is 0 Å². The van der Waals surface area contributed by atoms with Gasteiger partial charge in [0.1, 0.15) is 0 Å². The lowest BCUT2D eigenvalue weighted by Gasteiger charge is -2.27. The van der Waals surface area contributed by atoms with Crippen molar-refractivity contribution in [1.29, 1.82) is 0 Å². The summed E-state index contributed by atoms with van der Waals surface area (Å²) in [5.41, 5.74) is 9.79. The van der Waals surface area contributed by atoms with Crippen molar-refractivity contribution in [3.8, 4) is 16.9 Å². The van der Waals surface area contributed by atoms with Crippen LogP contribution in [0.25, 0.3) is 11.1 Å². The number of esters is 1. The van der Waals surface area contributed by atoms with E-state index < -0.39 is 0 Å². The molecule has 0 unspecified atom stereocenters. The molecule has 2 aromatic carbocycles. The quantitative estimate of drug-likeness (QED) is 0.393. The predicted molar refractivity (Wildman–Crippen MR) is 130 cm³/mol. The fourth-order valence-electron chi connectivity index (χ4n) is 6.31. The standard InChI is InChI=1S/C29H32FNO4/c1-3-34-25(33)12-21-26(17-6-7-17)22-13-31(15-32)14-23(22)27(18-8-9-18)28(21)20-11-24(30)29-19(16(20)2)5-4-10-35-29/h11,15,17-18H,3-10,12-14H2,1-2H3. The SMILES string of the molecule is CCOC(=O)Cc1c(-c2cc(F)c3c(c2C)CCCO3)c(C2CC2)c2c(c1C1CC1)CN(C=O)C2. The first-order chi connectivity index (χ1) is 17.0. The van der Waals surface area contributed by atoms with Crippen molar-refractivity contribution in [1.82, 2.24) is 4.90 Å². The van der Waals surface area contributed by atoms with Gasteiger partial charge in [-0.15, -0.1) is 0 Å². The monoisotopic (exact) mass is 477 g/mol. The molecule has 2 aliphatic heterocycles. The van der Waals surface area contributed by atoms with E-state index in [-0.39, 0.29) is 18.2 Å². The summed E-state index contributed by atoms with van der Waals surface area (Å²) in [5, 5.41) is 0. The van der Waals surface area contributed by atoms with Crippen molar-refractivity contribution < 1.29 is 23.5 Å². The van der Waals surface area contributed by atoms with Crippen LogP contribution in [0.15, 0.2) is 6.07 Å². The van der Waals surface area contributed by atoms with Gasteiger partial charge >= 0.3 is 5.97 Å². The molecule has 0 radical (unpaired) electrons. The van der Waals surface area contributed by atoms with Crippen LogP contribution in [0.4, 0.5) is 4.39 Å². The molecule has 35 heavy (non-hydrogen) atoms. The summed E-state index contributed by atoms with van der Waals surface area (Å²) in [5.74, 6) is 0.578. The molecule has 0 bridgehead atoms. The van der Waals surface area contributed by atoms with Gasteiger partial charge in [-0.05, 0) is 115 Å². The Labute approximate surface area is 205 Å². The summed E-state index contributed by atoms with van der Waals surface area (Å²) in [6, 6.07) is 1.63. The molecule has 2 fully saturated rings. The van der Waals surface area contributed by atoms with Gasteiger partial charge in [-0.25, -0.2) is 4.39 Å². The Morgan fingerprint density at radius 2 is 1.83 bits per heavy atom. The van der Waals surface area contributed by atoms with Crippen LogP contribution in [0.2, 0.25) is 0 Å². The van der Waals surface area contributed by atoms with Crippen LogP contribution in [-0.4, -0.2) is 30.5 Å². The number of hydrogen-bond donors (Lipinski definition) is 0. The van der Waals surface area contributed by atoms with Gasteiger partial charge in [0.15, 0.2) is 11.6 Å². The van der Waals surface area contributed by atoms with Crippen molar-refractivity contribution in [3.63, 3.8) is 0 Å². The minimum absolute atomic E-state index is 0.178. The van der Waals surface area contributed by atoms with Crippen molar-refractivity contribution in [3.05, 3.63) is 50.8 Å². The van der Waals surface area contributed by atoms with E-state index in [1.165, 1.54) is 22.3 Å². The van der Waals surface area contributed by atoms with Crippen molar-refractivity contribution in [2.75, 3.05) is 13.2 Å². The maximum Gasteiger partial charge on any atom is 0.310 e. The Kier molecular flexibility index (Phi) is 5.58. The lowest BCUT2D eigenvalue weighted by atomic mass is 9.78. The molecular formula is C29H32FNO4. The first-order valence-electron chi connectivity index (χ1n) is 13.0. The smallest absolute Gasteiger partial charge is 0.310 e. The van der Waals surface area contributed by atoms with Gasteiger partial charge in [0, 0.05) is 18.7 Å². The number of nitrogens with zero attached hydrogens (tertiary/aromatic N) is 1. The maximum atomic E-state index is 15.5. The van der Waals surface area contributed by atoms with Crippen molar-refractivity contribution >= 4 is 12.4 Å². The molecule has 0 aromatic heterocycles. The molecule has 4 aliphatic rings. The molecule has 2 aromatic rings. The molecule has 0 N–H and O–H groups in total. The van der Waals surface area contributed by atoms with E-state index in [2.05, 4.69) is 6.92 Å². The molecule has 6 rings (SSSR count). The lowest BCUT2D eigenvalue weighted by Crippen LogP contribution is -2.16. The Morgan fingerprint density at radius 1 is 1.14 bits per heavy atom. The van der Waals surface area contributed by atoms with Crippen LogP contribution in [0.3, 0.4) is 0 Å². The zero-order valence-corrected chi connectivity index (χ0v) is 20.5. The minimum atomic E-state index is -0.327. The Bertz CT molecular complexity index is 1230. The number of ether oxygens (including phenoxy) is 2. The summed E-state index contributed by atoms with van der Waals surface area (Å²) in [4.78, 5) is 26.6. The zero-order valence-electron chi connectivity index (χ0n) is 20.5. The lowest BCUT2D eigenvalue weighted by molar-refractivity contribution is -0.142. The third kappa shape index (κ3) is 3.82. The second-order valence-electron chi connectivity index (χ2n) is 10.5. The molecule has 2 aliphatic carbocycles. The molecule has 0 atom stereocenters. The Hall–Kier alpha value is -2.89. The molecule has 6 heteroatoms. The second kappa shape index (κ2) is 8.65. The van der Waals surface area contributed by atoms with E-state index in [4.69, 9.17) is 9.47 Å². The molecule has 2 saturated carbocycles. The van der Waals surface area contributed by atoms with E-state index in [0.29, 0.717) is 43.9 Å². The average Bonchev–Trinajstić information content (AvgIpc) is 3.78. The van der Waals surface area contributed by atoms with Crippen molar-refractivity contribution in [2.45, 2.75) is 83.7 Å². The number of benzene rings is 2. The van der Waals surface area contributed by atoms with Gasteiger partial charge in [0.2, 0.25) is 6.41 Å². The molecule has 2 heterocycles. The highest BCUT2D eigenvalue weighted by molar-refractivity contribution is 5.86. The van der Waals surface area contributed by atoms with E-state index in [0.717, 1.165) is 72.8 Å². The number of carbonyl (C=O) groups excluding carboxylic acids is 2. The van der Waals surface area contributed by atoms with E-state index in [9.17, 15) is 9.59 Å². The number of fused-ring (bicyclic) bond motifs is 2. The van der Waals surface area contributed by atoms with Crippen LogP contribution in [0, 0.1) is 12.7 Å². The molecular weight excluding hydrogens is 445 g/mol. The largest absolute Gasteiger partial charge is 0.490 e. The summed E-state index contributed by atoms with van der Waals surface area (Å²) >= 11 is 0. The molecule has 0 spiro atoms. The average molecular weight is 478 g/mol. The number of hydrogen-bond acceptors (Lipinski definition) is 4. The second-order valence-corrected chi connectivity index (χ2v) is 10.5. The van der Waals surface area contributed by atoms with Gasteiger partial charge < -0.3 is 14.4 Å². The first-order valence-corrected chi connectivity index (χ1v) is 13.0. The molecule has 184 valence electrons. The van der Waals surface area contributed by atoms with Crippen LogP contribution in [0.1, 0.15) is 89.8 Å². The van der Waals surface area contributed by atoms with Gasteiger partial charge in [0.05, 0.1) is 19.6 Å². The third-order valence-electron chi connectivity index (χ3n) is 8.09. The number of halogens is 1. The third-order valence-corrected chi connectivity index (χ3v) is 8.09. The highest BCUT2D eigenvalue weighted by Crippen LogP contribution is 2.56. The van der Waals surface area contributed by atoms with Crippen molar-refractivity contribution in [2.24, 2.45) is 0 Å². The highest BCUT2D eigenvalue weighted by Gasteiger charge is 2.41. The van der Waals surface area contributed by atoms with Gasteiger partial charge in [0.25, 0.3) is 0 Å². The van der Waals surface area contributed by atoms with Crippen LogP contribution < -0.4 is 4.74 Å². The molecule has 0 saturated heterocycles. The van der Waals surface area contributed by atoms with Crippen LogP contribution >= 0.6 is 0 Å². The summed E-state index contributed by atoms with van der Waals surface area (Å²) in [6.07, 6.45) is 7.09. The number of carbonyl (C=O) groups is 2. The fraction of sp³-hybridized carbons (Fsp3) is 0.517. The zero-order chi connectivity index (χ0) is 24.3. The highest BCUT2D eigenvalue weighted by atomic mass is 19.1. The fourth-order valence-corrected chi connectivity index (χ4v) is 6.31. The topological polar surface area (TPSA) is 55.8 Å². The summed E-state index contributed by atoms with van der Waals surface area (Å²) < 4.78 is 26.6. The molecule has 1 amide bonds. The van der Waals surface area contributed by atoms with Crippen LogP contribution in [-0.2, 0) is 40.3 Å². The first kappa shape index (κ1) is 22.6. The van der Waals surface area contributed by atoms with E-state index >= 15 is 4.39 Å². The normalized spacial score (nSPS) is 18.7. The van der Waals surface area contributed by atoms with Crippen LogP contribution in [0.5, 0.6) is 5.75 Å². The van der Waals surface area contributed by atoms with Gasteiger partial charge in [-0.3, -0.25) is 9.59 Å². The van der Waals surface area contributed by atoms with E-state index in [1.807, 2.05) is 11.8 Å². The minimum Gasteiger partial charge on any atom is -0.490 e. The number of amides is 1. The summed E-state index contributed by atoms with van der Waals surface area (Å²) in [7, 11) is 0. The summed E-state index contributed by atoms with van der Waals surface area (Å²) in [6.45, 7) is 5.93. The van der Waals surface area contributed by atoms with Gasteiger partial charge in [-0.1, -0.05) is 0 Å². The predicted octanol–water partition coefficient (Wildman–Crippen LogP) is 5.46. The Balaban J connectivity index is 1.66. The number of rotatable bonds is 7. The maximum absolute atomic E-state index is 15.5. The Morgan fingerprint density at radius 3 is 2.49 bits per heavy atom.